The highest BCUT2D eigenvalue weighted by Gasteiger charge is 2.10. The Balaban J connectivity index is 2.54. The lowest BCUT2D eigenvalue weighted by Gasteiger charge is -1.99. The van der Waals surface area contributed by atoms with Crippen LogP contribution in [0.25, 0.3) is 10.6 Å². The molecule has 2 rings (SSSR count). The maximum absolute atomic E-state index is 12.9. The van der Waals surface area contributed by atoms with Gasteiger partial charge in [0.15, 0.2) is 0 Å². The van der Waals surface area contributed by atoms with Gasteiger partial charge in [-0.05, 0) is 41.1 Å². The fourth-order valence-electron chi connectivity index (χ4n) is 1.19. The molecule has 0 atom stereocenters. The summed E-state index contributed by atoms with van der Waals surface area (Å²) in [6, 6.07) is 4.52. The number of nitrogens with zero attached hydrogens (tertiary/aromatic N) is 1. The van der Waals surface area contributed by atoms with Crippen LogP contribution in [0.3, 0.4) is 0 Å². The van der Waals surface area contributed by atoms with Crippen molar-refractivity contribution in [3.63, 3.8) is 0 Å². The number of hydrogen-bond donors (Lipinski definition) is 1. The van der Waals surface area contributed by atoms with Crippen molar-refractivity contribution in [2.24, 2.45) is 0 Å². The Morgan fingerprint density at radius 2 is 2.20 bits per heavy atom. The van der Waals surface area contributed by atoms with Crippen LogP contribution in [-0.2, 0) is 0 Å². The number of aromatic nitrogens is 1. The maximum atomic E-state index is 12.9. The summed E-state index contributed by atoms with van der Waals surface area (Å²) < 4.78 is 13.6. The fourth-order valence-corrected chi connectivity index (χ4v) is 2.73. The largest absolute Gasteiger partial charge is 0.383 e. The van der Waals surface area contributed by atoms with E-state index in [9.17, 15) is 4.39 Å². The molecule has 1 aromatic heterocycles. The molecule has 0 bridgehead atoms. The summed E-state index contributed by atoms with van der Waals surface area (Å²) in [5.74, 6) is 0.262. The summed E-state index contributed by atoms with van der Waals surface area (Å²) in [4.78, 5) is 5.19. The minimum Gasteiger partial charge on any atom is -0.383 e. The molecule has 0 aliphatic rings. The van der Waals surface area contributed by atoms with E-state index in [1.165, 1.54) is 23.5 Å². The number of nitrogens with two attached hydrogens (primary N) is 1. The van der Waals surface area contributed by atoms with Crippen molar-refractivity contribution >= 4 is 33.1 Å². The van der Waals surface area contributed by atoms with Gasteiger partial charge < -0.3 is 5.73 Å². The predicted molar refractivity (Wildman–Crippen MR) is 64.4 cm³/mol. The quantitative estimate of drug-likeness (QED) is 0.870. The van der Waals surface area contributed by atoms with E-state index >= 15 is 0 Å². The van der Waals surface area contributed by atoms with Gasteiger partial charge in [0.25, 0.3) is 0 Å². The first-order chi connectivity index (χ1) is 7.08. The lowest BCUT2D eigenvalue weighted by molar-refractivity contribution is 0.627. The SMILES string of the molecule is Cc1sc(-c2ccc(F)cc2Br)nc1N. The van der Waals surface area contributed by atoms with Gasteiger partial charge in [-0.3, -0.25) is 0 Å². The van der Waals surface area contributed by atoms with E-state index in [0.717, 1.165) is 15.4 Å². The molecule has 0 saturated heterocycles. The number of aryl methyl sites for hydroxylation is 1. The fraction of sp³-hybridized carbons (Fsp3) is 0.100. The number of benzene rings is 1. The average molecular weight is 287 g/mol. The molecular formula is C10H8BrFN2S. The van der Waals surface area contributed by atoms with E-state index in [2.05, 4.69) is 20.9 Å². The summed E-state index contributed by atoms with van der Waals surface area (Å²) in [6.07, 6.45) is 0. The first-order valence-corrected chi connectivity index (χ1v) is 5.87. The third kappa shape index (κ3) is 2.03. The van der Waals surface area contributed by atoms with E-state index in [1.54, 1.807) is 6.07 Å². The third-order valence-corrected chi connectivity index (χ3v) is 3.67. The van der Waals surface area contributed by atoms with Gasteiger partial charge >= 0.3 is 0 Å². The topological polar surface area (TPSA) is 38.9 Å². The van der Waals surface area contributed by atoms with E-state index in [1.807, 2.05) is 6.92 Å². The number of hydrogen-bond acceptors (Lipinski definition) is 3. The van der Waals surface area contributed by atoms with Crippen LogP contribution in [0.5, 0.6) is 0 Å². The van der Waals surface area contributed by atoms with Crippen LogP contribution in [0, 0.1) is 12.7 Å². The Kier molecular flexibility index (Phi) is 2.75. The van der Waals surface area contributed by atoms with Crippen molar-refractivity contribution in [2.75, 3.05) is 5.73 Å². The predicted octanol–water partition coefficient (Wildman–Crippen LogP) is 3.60. The normalized spacial score (nSPS) is 10.6. The molecule has 15 heavy (non-hydrogen) atoms. The third-order valence-electron chi connectivity index (χ3n) is 1.99. The van der Waals surface area contributed by atoms with Gasteiger partial charge in [0.1, 0.15) is 16.6 Å². The molecule has 5 heteroatoms. The van der Waals surface area contributed by atoms with Gasteiger partial charge in [0.2, 0.25) is 0 Å². The van der Waals surface area contributed by atoms with Crippen LogP contribution >= 0.6 is 27.3 Å². The molecule has 2 nitrogen and oxygen atoms in total. The average Bonchev–Trinajstić information content (AvgIpc) is 2.46. The molecule has 0 unspecified atom stereocenters. The zero-order valence-electron chi connectivity index (χ0n) is 7.92. The van der Waals surface area contributed by atoms with Crippen LogP contribution in [0.15, 0.2) is 22.7 Å². The lowest BCUT2D eigenvalue weighted by Crippen LogP contribution is -1.86. The van der Waals surface area contributed by atoms with Gasteiger partial charge in [-0.15, -0.1) is 11.3 Å². The minimum absolute atomic E-state index is 0.271. The molecular weight excluding hydrogens is 279 g/mol. The lowest BCUT2D eigenvalue weighted by atomic mass is 10.2. The number of anilines is 1. The smallest absolute Gasteiger partial charge is 0.138 e. The molecule has 1 aromatic carbocycles. The Labute approximate surface area is 99.1 Å². The van der Waals surface area contributed by atoms with Crippen LogP contribution in [0.4, 0.5) is 10.2 Å². The molecule has 0 aliphatic carbocycles. The van der Waals surface area contributed by atoms with Crippen molar-refractivity contribution in [1.29, 1.82) is 0 Å². The van der Waals surface area contributed by atoms with Crippen molar-refractivity contribution in [2.45, 2.75) is 6.92 Å². The molecule has 0 saturated carbocycles. The van der Waals surface area contributed by atoms with E-state index in [0.29, 0.717) is 10.3 Å². The Bertz CT molecular complexity index is 491. The Hall–Kier alpha value is -0.940. The monoisotopic (exact) mass is 286 g/mol. The first kappa shape index (κ1) is 10.6. The highest BCUT2D eigenvalue weighted by molar-refractivity contribution is 9.10. The zero-order chi connectivity index (χ0) is 11.0. The van der Waals surface area contributed by atoms with Crippen LogP contribution < -0.4 is 5.73 Å². The Morgan fingerprint density at radius 1 is 1.47 bits per heavy atom. The van der Waals surface area contributed by atoms with Crippen molar-refractivity contribution in [1.82, 2.24) is 4.98 Å². The van der Waals surface area contributed by atoms with Crippen LogP contribution in [0.2, 0.25) is 0 Å². The van der Waals surface area contributed by atoms with Gasteiger partial charge in [-0.25, -0.2) is 9.37 Å². The summed E-state index contributed by atoms with van der Waals surface area (Å²) in [5.41, 5.74) is 6.53. The standard InChI is InChI=1S/C10H8BrFN2S/c1-5-9(13)14-10(15-5)7-3-2-6(12)4-8(7)11/h2-4H,13H2,1H3. The maximum Gasteiger partial charge on any atom is 0.138 e. The summed E-state index contributed by atoms with van der Waals surface area (Å²) in [5, 5.41) is 0.803. The molecule has 2 N–H and O–H groups in total. The molecule has 0 spiro atoms. The van der Waals surface area contributed by atoms with Gasteiger partial charge in [-0.1, -0.05) is 0 Å². The molecule has 0 amide bonds. The summed E-state index contributed by atoms with van der Waals surface area (Å²) in [6.45, 7) is 1.91. The molecule has 1 heterocycles. The van der Waals surface area contributed by atoms with E-state index in [4.69, 9.17) is 5.73 Å². The molecule has 78 valence electrons. The van der Waals surface area contributed by atoms with Crippen LogP contribution in [-0.4, -0.2) is 4.98 Å². The van der Waals surface area contributed by atoms with Gasteiger partial charge in [0.05, 0.1) is 0 Å². The highest BCUT2D eigenvalue weighted by Crippen LogP contribution is 2.33. The van der Waals surface area contributed by atoms with Gasteiger partial charge in [-0.2, -0.15) is 0 Å². The number of nitrogen functional groups attached to an aromatic ring is 1. The number of rotatable bonds is 1. The van der Waals surface area contributed by atoms with Gasteiger partial charge in [0, 0.05) is 14.9 Å². The molecule has 0 fully saturated rings. The van der Waals surface area contributed by atoms with Crippen LogP contribution in [0.1, 0.15) is 4.88 Å². The second-order valence-electron chi connectivity index (χ2n) is 3.08. The van der Waals surface area contributed by atoms with Crippen molar-refractivity contribution in [3.8, 4) is 10.6 Å². The zero-order valence-corrected chi connectivity index (χ0v) is 10.3. The number of halogens is 2. The van der Waals surface area contributed by atoms with E-state index < -0.39 is 0 Å². The number of thiazole rings is 1. The summed E-state index contributed by atoms with van der Waals surface area (Å²) in [7, 11) is 0. The highest BCUT2D eigenvalue weighted by atomic mass is 79.9. The molecule has 0 radical (unpaired) electrons. The first-order valence-electron chi connectivity index (χ1n) is 4.26. The Morgan fingerprint density at radius 3 is 2.73 bits per heavy atom. The van der Waals surface area contributed by atoms with Crippen molar-refractivity contribution < 1.29 is 4.39 Å². The second-order valence-corrected chi connectivity index (χ2v) is 5.14. The molecule has 2 aromatic rings. The van der Waals surface area contributed by atoms with Crippen molar-refractivity contribution in [3.05, 3.63) is 33.4 Å². The summed E-state index contributed by atoms with van der Waals surface area (Å²) >= 11 is 4.80. The van der Waals surface area contributed by atoms with E-state index in [-0.39, 0.29) is 5.82 Å². The minimum atomic E-state index is -0.271. The second kappa shape index (κ2) is 3.90. The molecule has 0 aliphatic heterocycles.